The zero-order chi connectivity index (χ0) is 23.8. The molecule has 0 saturated carbocycles. The molecule has 2 aliphatic heterocycles. The minimum Gasteiger partial charge on any atom is -0.487 e. The van der Waals surface area contributed by atoms with E-state index in [1.165, 1.54) is 16.7 Å². The van der Waals surface area contributed by atoms with Crippen LogP contribution in [0.3, 0.4) is 0 Å². The highest BCUT2D eigenvalue weighted by Gasteiger charge is 2.27. The molecule has 0 amide bonds. The standard InChI is InChI=1S/C25H27F2N5O2/c1-30-9-8-20-21(15-30)28-24(16-5-10-31(2)23(33)13-16)25(29-20)32-11-6-18(7-12-32)34-22-4-3-17(26)14-19(22)27/h3-5,10,13-14,18H,6-9,11-12,15H2,1-2H3. The van der Waals surface area contributed by atoms with Crippen LogP contribution in [0.1, 0.15) is 24.2 Å². The average molecular weight is 468 g/mol. The number of hydrogen-bond donors (Lipinski definition) is 0. The Bertz CT molecular complexity index is 1270. The summed E-state index contributed by atoms with van der Waals surface area (Å²) in [7, 11) is 3.78. The van der Waals surface area contributed by atoms with Gasteiger partial charge in [0.2, 0.25) is 0 Å². The van der Waals surface area contributed by atoms with Crippen LogP contribution in [0.15, 0.2) is 41.3 Å². The Kier molecular flexibility index (Phi) is 6.03. The first-order valence-corrected chi connectivity index (χ1v) is 11.5. The van der Waals surface area contributed by atoms with Crippen LogP contribution in [-0.4, -0.2) is 52.2 Å². The van der Waals surface area contributed by atoms with Crippen LogP contribution in [0.4, 0.5) is 14.6 Å². The van der Waals surface area contributed by atoms with Crippen molar-refractivity contribution < 1.29 is 13.5 Å². The molecule has 34 heavy (non-hydrogen) atoms. The van der Waals surface area contributed by atoms with Gasteiger partial charge in [-0.05, 0) is 25.2 Å². The zero-order valence-electron chi connectivity index (χ0n) is 19.3. The molecule has 0 N–H and O–H groups in total. The van der Waals surface area contributed by atoms with Crippen LogP contribution in [0, 0.1) is 11.6 Å². The molecule has 2 aromatic heterocycles. The fourth-order valence-electron chi connectivity index (χ4n) is 4.50. The number of hydrogen-bond acceptors (Lipinski definition) is 6. The Morgan fingerprint density at radius 2 is 1.79 bits per heavy atom. The number of piperidine rings is 1. The summed E-state index contributed by atoms with van der Waals surface area (Å²) in [4.78, 5) is 26.7. The molecule has 2 aliphatic rings. The smallest absolute Gasteiger partial charge is 0.250 e. The van der Waals surface area contributed by atoms with Gasteiger partial charge >= 0.3 is 0 Å². The second kappa shape index (κ2) is 9.13. The molecule has 178 valence electrons. The normalized spacial score (nSPS) is 17.0. The van der Waals surface area contributed by atoms with Crippen molar-refractivity contribution in [2.24, 2.45) is 7.05 Å². The van der Waals surface area contributed by atoms with E-state index in [0.29, 0.717) is 31.6 Å². The average Bonchev–Trinajstić information content (AvgIpc) is 2.82. The van der Waals surface area contributed by atoms with Crippen molar-refractivity contribution in [3.8, 4) is 17.0 Å². The van der Waals surface area contributed by atoms with Crippen LogP contribution in [0.5, 0.6) is 5.75 Å². The number of aromatic nitrogens is 3. The predicted molar refractivity (Wildman–Crippen MR) is 125 cm³/mol. The third-order valence-corrected chi connectivity index (χ3v) is 6.49. The van der Waals surface area contributed by atoms with Crippen molar-refractivity contribution in [1.29, 1.82) is 0 Å². The van der Waals surface area contributed by atoms with Crippen LogP contribution in [0.2, 0.25) is 0 Å². The fourth-order valence-corrected chi connectivity index (χ4v) is 4.50. The number of benzene rings is 1. The molecule has 4 heterocycles. The molecule has 1 aromatic carbocycles. The molecule has 0 bridgehead atoms. The predicted octanol–water partition coefficient (Wildman–Crippen LogP) is 3.16. The van der Waals surface area contributed by atoms with Gasteiger partial charge in [-0.3, -0.25) is 4.79 Å². The Labute approximate surface area is 196 Å². The quantitative estimate of drug-likeness (QED) is 0.588. The van der Waals surface area contributed by atoms with E-state index in [0.717, 1.165) is 48.3 Å². The largest absolute Gasteiger partial charge is 0.487 e. The van der Waals surface area contributed by atoms with Gasteiger partial charge in [0.05, 0.1) is 11.4 Å². The number of pyridine rings is 1. The van der Waals surface area contributed by atoms with Crippen LogP contribution in [-0.2, 0) is 20.0 Å². The second-order valence-corrected chi connectivity index (χ2v) is 9.02. The topological polar surface area (TPSA) is 63.5 Å². The van der Waals surface area contributed by atoms with Gasteiger partial charge in [0.1, 0.15) is 17.6 Å². The molecule has 5 rings (SSSR count). The molecule has 7 nitrogen and oxygen atoms in total. The summed E-state index contributed by atoms with van der Waals surface area (Å²) in [6.07, 6.45) is 3.71. The van der Waals surface area contributed by atoms with E-state index >= 15 is 0 Å². The third-order valence-electron chi connectivity index (χ3n) is 6.49. The number of anilines is 1. The molecule has 0 radical (unpaired) electrons. The van der Waals surface area contributed by atoms with Gasteiger partial charge in [0.15, 0.2) is 17.4 Å². The fraction of sp³-hybridized carbons (Fsp3) is 0.400. The number of aryl methyl sites for hydroxylation is 1. The number of likely N-dealkylation sites (N-methyl/N-ethyl adjacent to an activating group) is 1. The molecule has 3 aromatic rings. The summed E-state index contributed by atoms with van der Waals surface area (Å²) in [6.45, 7) is 2.95. The number of fused-ring (bicyclic) bond motifs is 1. The summed E-state index contributed by atoms with van der Waals surface area (Å²) in [5, 5.41) is 0. The third kappa shape index (κ3) is 4.52. The van der Waals surface area contributed by atoms with E-state index in [4.69, 9.17) is 14.7 Å². The van der Waals surface area contributed by atoms with Crippen molar-refractivity contribution in [3.05, 3.63) is 69.9 Å². The van der Waals surface area contributed by atoms with E-state index in [1.807, 2.05) is 6.07 Å². The molecular weight excluding hydrogens is 440 g/mol. The zero-order valence-corrected chi connectivity index (χ0v) is 19.3. The SMILES string of the molecule is CN1CCc2nc(N3CCC(Oc4ccc(F)cc4F)CC3)c(-c3ccn(C)c(=O)c3)nc2C1. The van der Waals surface area contributed by atoms with Crippen molar-refractivity contribution in [3.63, 3.8) is 0 Å². The van der Waals surface area contributed by atoms with Gasteiger partial charge in [-0.2, -0.15) is 0 Å². The molecule has 1 fully saturated rings. The van der Waals surface area contributed by atoms with Crippen molar-refractivity contribution >= 4 is 5.82 Å². The number of halogens is 2. The summed E-state index contributed by atoms with van der Waals surface area (Å²) in [5.74, 6) is -0.484. The van der Waals surface area contributed by atoms with Gasteiger partial charge in [-0.15, -0.1) is 0 Å². The molecule has 9 heteroatoms. The monoisotopic (exact) mass is 467 g/mol. The van der Waals surface area contributed by atoms with E-state index in [2.05, 4.69) is 16.8 Å². The Morgan fingerprint density at radius 1 is 1.00 bits per heavy atom. The summed E-state index contributed by atoms with van der Waals surface area (Å²) in [6, 6.07) is 6.85. The van der Waals surface area contributed by atoms with Gasteiger partial charge in [0.25, 0.3) is 5.56 Å². The van der Waals surface area contributed by atoms with Gasteiger partial charge < -0.3 is 19.1 Å². The molecule has 0 unspecified atom stereocenters. The number of nitrogens with zero attached hydrogens (tertiary/aromatic N) is 5. The summed E-state index contributed by atoms with van der Waals surface area (Å²) >= 11 is 0. The highest BCUT2D eigenvalue weighted by Crippen LogP contribution is 2.32. The maximum absolute atomic E-state index is 14.0. The minimum absolute atomic E-state index is 0.0679. The maximum atomic E-state index is 14.0. The first-order valence-electron chi connectivity index (χ1n) is 11.5. The first kappa shape index (κ1) is 22.5. The van der Waals surface area contributed by atoms with E-state index < -0.39 is 11.6 Å². The van der Waals surface area contributed by atoms with Crippen molar-refractivity contribution in [1.82, 2.24) is 19.4 Å². The number of rotatable bonds is 4. The highest BCUT2D eigenvalue weighted by molar-refractivity contribution is 5.72. The van der Waals surface area contributed by atoms with E-state index in [-0.39, 0.29) is 17.4 Å². The van der Waals surface area contributed by atoms with Crippen molar-refractivity contribution in [2.45, 2.75) is 31.9 Å². The Balaban J connectivity index is 1.41. The van der Waals surface area contributed by atoms with E-state index in [9.17, 15) is 13.6 Å². The van der Waals surface area contributed by atoms with Gasteiger partial charge in [-0.1, -0.05) is 0 Å². The molecule has 0 spiro atoms. The lowest BCUT2D eigenvalue weighted by Gasteiger charge is -2.35. The van der Waals surface area contributed by atoms with Gasteiger partial charge in [-0.25, -0.2) is 18.7 Å². The van der Waals surface area contributed by atoms with E-state index in [1.54, 1.807) is 19.3 Å². The Hall–Kier alpha value is -3.33. The molecule has 0 atom stereocenters. The lowest BCUT2D eigenvalue weighted by Crippen LogP contribution is -2.40. The van der Waals surface area contributed by atoms with Crippen LogP contribution in [0.25, 0.3) is 11.3 Å². The molecular formula is C25H27F2N5O2. The maximum Gasteiger partial charge on any atom is 0.250 e. The van der Waals surface area contributed by atoms with Crippen LogP contribution < -0.4 is 15.2 Å². The minimum atomic E-state index is -0.694. The summed E-state index contributed by atoms with van der Waals surface area (Å²) in [5.41, 5.74) is 3.28. The highest BCUT2D eigenvalue weighted by atomic mass is 19.1. The lowest BCUT2D eigenvalue weighted by molar-refractivity contribution is 0.163. The summed E-state index contributed by atoms with van der Waals surface area (Å²) < 4.78 is 34.6. The molecule has 0 aliphatic carbocycles. The molecule has 1 saturated heterocycles. The number of ether oxygens (including phenoxy) is 1. The Morgan fingerprint density at radius 3 is 2.53 bits per heavy atom. The lowest BCUT2D eigenvalue weighted by atomic mass is 10.0. The van der Waals surface area contributed by atoms with Crippen molar-refractivity contribution in [2.75, 3.05) is 31.6 Å². The van der Waals surface area contributed by atoms with Gasteiger partial charge in [0, 0.05) is 76.4 Å². The second-order valence-electron chi connectivity index (χ2n) is 9.02. The van der Waals surface area contributed by atoms with Crippen LogP contribution >= 0.6 is 0 Å². The first-order chi connectivity index (χ1) is 16.4.